The summed E-state index contributed by atoms with van der Waals surface area (Å²) in [5.41, 5.74) is 6.02. The number of aryl methyl sites for hydroxylation is 2. The molecule has 13 heteroatoms. The van der Waals surface area contributed by atoms with Gasteiger partial charge in [-0.25, -0.2) is 14.5 Å². The van der Waals surface area contributed by atoms with Crippen molar-refractivity contribution in [3.8, 4) is 11.1 Å². The van der Waals surface area contributed by atoms with Crippen LogP contribution < -0.4 is 16.0 Å². The molecule has 2 aromatic carbocycles. The number of rotatable bonds is 13. The molecule has 4 aromatic rings. The predicted molar refractivity (Wildman–Crippen MR) is 227 cm³/mol. The van der Waals surface area contributed by atoms with Gasteiger partial charge in [0.15, 0.2) is 5.65 Å². The summed E-state index contributed by atoms with van der Waals surface area (Å²) in [6, 6.07) is 14.5. The number of anilines is 1. The minimum absolute atomic E-state index is 0.239. The van der Waals surface area contributed by atoms with Crippen LogP contribution in [0, 0.1) is 11.3 Å². The maximum Gasteiger partial charge on any atom is 0.410 e. The molecule has 58 heavy (non-hydrogen) atoms. The third-order valence-corrected chi connectivity index (χ3v) is 12.1. The lowest BCUT2D eigenvalue weighted by Crippen LogP contribution is -2.42. The molecule has 7 rings (SSSR count). The summed E-state index contributed by atoms with van der Waals surface area (Å²) < 4.78 is 13.1. The SMILES string of the molecule is CCc1nc2c(cnn2CC)c(NC2CCOCC2)c1CNC(=O)C1(C(=O)NCc2ccc(Cl)c(-c3cccc(CC4CCN(C(=O)OC(C)(C)C)CC4)c3)c2)CC1. The molecule has 2 aromatic heterocycles. The lowest BCUT2D eigenvalue weighted by molar-refractivity contribution is -0.137. The monoisotopic (exact) mass is 811 g/mol. The first kappa shape index (κ1) is 41.5. The zero-order valence-electron chi connectivity index (χ0n) is 34.6. The van der Waals surface area contributed by atoms with Gasteiger partial charge in [-0.1, -0.05) is 48.9 Å². The second-order valence-corrected chi connectivity index (χ2v) is 17.5. The first-order chi connectivity index (χ1) is 27.9. The minimum Gasteiger partial charge on any atom is -0.444 e. The molecule has 3 amide bonds. The highest BCUT2D eigenvalue weighted by molar-refractivity contribution is 6.33. The topological polar surface area (TPSA) is 140 Å². The second kappa shape index (κ2) is 17.7. The van der Waals surface area contributed by atoms with Gasteiger partial charge < -0.3 is 30.3 Å². The van der Waals surface area contributed by atoms with E-state index in [1.165, 1.54) is 5.56 Å². The number of benzene rings is 2. The van der Waals surface area contributed by atoms with E-state index in [1.807, 2.05) is 61.7 Å². The molecule has 310 valence electrons. The molecular formula is C45H58ClN7O5. The number of ether oxygens (including phenoxy) is 2. The van der Waals surface area contributed by atoms with E-state index in [2.05, 4.69) is 52.2 Å². The third-order valence-electron chi connectivity index (χ3n) is 11.7. The summed E-state index contributed by atoms with van der Waals surface area (Å²) >= 11 is 6.76. The molecular weight excluding hydrogens is 754 g/mol. The number of nitrogens with zero attached hydrogens (tertiary/aromatic N) is 4. The van der Waals surface area contributed by atoms with Crippen LogP contribution in [-0.4, -0.2) is 75.5 Å². The molecule has 1 saturated carbocycles. The molecule has 3 aliphatic rings. The number of carbonyl (C=O) groups is 3. The van der Waals surface area contributed by atoms with E-state index in [0.717, 1.165) is 76.8 Å². The normalized spacial score (nSPS) is 17.2. The zero-order valence-corrected chi connectivity index (χ0v) is 35.3. The van der Waals surface area contributed by atoms with E-state index in [-0.39, 0.29) is 37.0 Å². The Balaban J connectivity index is 0.979. The Morgan fingerprint density at radius 3 is 2.34 bits per heavy atom. The van der Waals surface area contributed by atoms with Crippen LogP contribution in [0.3, 0.4) is 0 Å². The van der Waals surface area contributed by atoms with Gasteiger partial charge in [0.05, 0.1) is 17.3 Å². The van der Waals surface area contributed by atoms with Crippen LogP contribution in [0.15, 0.2) is 48.7 Å². The highest BCUT2D eigenvalue weighted by Gasteiger charge is 2.56. The van der Waals surface area contributed by atoms with Crippen LogP contribution in [0.2, 0.25) is 5.02 Å². The summed E-state index contributed by atoms with van der Waals surface area (Å²) in [4.78, 5) is 46.9. The average Bonchev–Trinajstić information content (AvgIpc) is 3.93. The summed E-state index contributed by atoms with van der Waals surface area (Å²) in [6.45, 7) is 13.8. The van der Waals surface area contributed by atoms with Gasteiger partial charge in [0.2, 0.25) is 11.8 Å². The van der Waals surface area contributed by atoms with Gasteiger partial charge in [-0.05, 0) is 114 Å². The molecule has 3 N–H and O–H groups in total. The van der Waals surface area contributed by atoms with Gasteiger partial charge in [-0.15, -0.1) is 0 Å². The number of pyridine rings is 1. The van der Waals surface area contributed by atoms with Gasteiger partial charge in [-0.3, -0.25) is 9.59 Å². The molecule has 1 aliphatic carbocycles. The number of piperidine rings is 1. The average molecular weight is 812 g/mol. The molecule has 0 spiro atoms. The van der Waals surface area contributed by atoms with E-state index in [1.54, 1.807) is 0 Å². The molecule has 12 nitrogen and oxygen atoms in total. The van der Waals surface area contributed by atoms with Crippen molar-refractivity contribution in [2.24, 2.45) is 11.3 Å². The van der Waals surface area contributed by atoms with Crippen LogP contribution in [-0.2, 0) is 51.5 Å². The molecule has 2 saturated heterocycles. The Hall–Kier alpha value is -4.68. The Bertz CT molecular complexity index is 2130. The summed E-state index contributed by atoms with van der Waals surface area (Å²) in [5, 5.41) is 16.1. The van der Waals surface area contributed by atoms with Crippen LogP contribution in [0.4, 0.5) is 10.5 Å². The molecule has 2 aliphatic heterocycles. The first-order valence-corrected chi connectivity index (χ1v) is 21.4. The molecule has 4 heterocycles. The Morgan fingerprint density at radius 1 is 0.948 bits per heavy atom. The van der Waals surface area contributed by atoms with E-state index in [4.69, 9.17) is 26.1 Å². The van der Waals surface area contributed by atoms with Crippen molar-refractivity contribution in [2.75, 3.05) is 31.6 Å². The number of amides is 3. The quantitative estimate of drug-likeness (QED) is 0.116. The highest BCUT2D eigenvalue weighted by atomic mass is 35.5. The van der Waals surface area contributed by atoms with Gasteiger partial charge in [0.25, 0.3) is 0 Å². The molecule has 0 atom stereocenters. The first-order valence-electron chi connectivity index (χ1n) is 21.0. The van der Waals surface area contributed by atoms with Gasteiger partial charge in [-0.2, -0.15) is 5.10 Å². The van der Waals surface area contributed by atoms with Crippen molar-refractivity contribution in [3.63, 3.8) is 0 Å². The molecule has 0 bridgehead atoms. The molecule has 0 unspecified atom stereocenters. The maximum atomic E-state index is 13.8. The Labute approximate surface area is 346 Å². The van der Waals surface area contributed by atoms with Crippen molar-refractivity contribution in [3.05, 3.63) is 76.1 Å². The summed E-state index contributed by atoms with van der Waals surface area (Å²) in [7, 11) is 0. The van der Waals surface area contributed by atoms with E-state index < -0.39 is 11.0 Å². The van der Waals surface area contributed by atoms with Gasteiger partial charge in [0, 0.05) is 73.8 Å². The van der Waals surface area contributed by atoms with E-state index in [9.17, 15) is 14.4 Å². The highest BCUT2D eigenvalue weighted by Crippen LogP contribution is 2.46. The largest absolute Gasteiger partial charge is 0.444 e. The molecule has 0 radical (unpaired) electrons. The standard InChI is InChI=1S/C45H58ClN7O5/c1-6-38-35(39(50-33-15-21-57-22-16-33)36-28-49-53(7-2)40(36)51-38)27-48-42(55)45(17-18-45)41(54)47-26-31-11-12-37(46)34(25-31)32-10-8-9-30(24-32)23-29-13-19-52(20-14-29)43(56)58-44(3,4)5/h8-12,24-25,28-29,33H,6-7,13-23,26-27H2,1-5H3,(H,47,54)(H,48,55)(H,50,51). The van der Waals surface area contributed by atoms with Crippen LogP contribution in [0.1, 0.15) is 95.5 Å². The Morgan fingerprint density at radius 2 is 1.67 bits per heavy atom. The van der Waals surface area contributed by atoms with E-state index >= 15 is 0 Å². The Kier molecular flexibility index (Phi) is 12.6. The van der Waals surface area contributed by atoms with Crippen molar-refractivity contribution in [1.82, 2.24) is 30.3 Å². The van der Waals surface area contributed by atoms with Crippen LogP contribution >= 0.6 is 11.6 Å². The number of halogens is 1. The number of carbonyl (C=O) groups excluding carboxylic acids is 3. The van der Waals surface area contributed by atoms with Crippen LogP contribution in [0.5, 0.6) is 0 Å². The predicted octanol–water partition coefficient (Wildman–Crippen LogP) is 7.83. The number of nitrogens with one attached hydrogen (secondary N) is 3. The lowest BCUT2D eigenvalue weighted by atomic mass is 9.89. The fourth-order valence-corrected chi connectivity index (χ4v) is 8.45. The van der Waals surface area contributed by atoms with E-state index in [0.29, 0.717) is 63.1 Å². The number of hydrogen-bond acceptors (Lipinski definition) is 8. The third kappa shape index (κ3) is 9.44. The number of likely N-dealkylation sites (tertiary alicyclic amines) is 1. The second-order valence-electron chi connectivity index (χ2n) is 17.1. The summed E-state index contributed by atoms with van der Waals surface area (Å²) in [6.07, 6.45) is 7.84. The van der Waals surface area contributed by atoms with Gasteiger partial charge >= 0.3 is 6.09 Å². The lowest BCUT2D eigenvalue weighted by Gasteiger charge is -2.33. The maximum absolute atomic E-state index is 13.8. The van der Waals surface area contributed by atoms with Crippen molar-refractivity contribution in [2.45, 2.75) is 117 Å². The zero-order chi connectivity index (χ0) is 41.0. The fraction of sp³-hybridized carbons (Fsp3) is 0.533. The number of hydrogen-bond donors (Lipinski definition) is 3. The number of fused-ring (bicyclic) bond motifs is 1. The molecule has 3 fully saturated rings. The van der Waals surface area contributed by atoms with Crippen LogP contribution in [0.25, 0.3) is 22.2 Å². The fourth-order valence-electron chi connectivity index (χ4n) is 8.22. The number of aromatic nitrogens is 3. The minimum atomic E-state index is -1.10. The van der Waals surface area contributed by atoms with Crippen molar-refractivity contribution >= 4 is 46.2 Å². The van der Waals surface area contributed by atoms with Gasteiger partial charge in [0.1, 0.15) is 11.0 Å². The smallest absolute Gasteiger partial charge is 0.410 e. The van der Waals surface area contributed by atoms with Crippen molar-refractivity contribution < 1.29 is 23.9 Å². The van der Waals surface area contributed by atoms with Crippen molar-refractivity contribution in [1.29, 1.82) is 0 Å². The summed E-state index contributed by atoms with van der Waals surface area (Å²) in [5.74, 6) is -0.0681.